The van der Waals surface area contributed by atoms with Crippen molar-refractivity contribution in [2.45, 2.75) is 44.7 Å². The number of carbonyl (C=O) groups excluding carboxylic acids is 1. The molecule has 0 saturated carbocycles. The van der Waals surface area contributed by atoms with E-state index in [0.717, 1.165) is 24.8 Å². The number of aliphatic carboxylic acids is 1. The molecular formula is C15H22N2O3. The molecule has 110 valence electrons. The van der Waals surface area contributed by atoms with E-state index in [-0.39, 0.29) is 18.4 Å². The highest BCUT2D eigenvalue weighted by atomic mass is 16.4. The van der Waals surface area contributed by atoms with E-state index in [1.165, 1.54) is 0 Å². The highest BCUT2D eigenvalue weighted by Crippen LogP contribution is 2.19. The number of unbranched alkanes of at least 4 members (excludes halogenated alkanes) is 1. The Labute approximate surface area is 119 Å². The van der Waals surface area contributed by atoms with E-state index in [1.807, 2.05) is 30.3 Å². The second-order valence-corrected chi connectivity index (χ2v) is 4.82. The molecule has 0 fully saturated rings. The monoisotopic (exact) mass is 278 g/mol. The van der Waals surface area contributed by atoms with Crippen LogP contribution < -0.4 is 11.1 Å². The maximum atomic E-state index is 11.9. The van der Waals surface area contributed by atoms with E-state index in [1.54, 1.807) is 0 Å². The Morgan fingerprint density at radius 2 is 1.95 bits per heavy atom. The van der Waals surface area contributed by atoms with Crippen LogP contribution in [0, 0.1) is 0 Å². The molecule has 0 spiro atoms. The van der Waals surface area contributed by atoms with Crippen molar-refractivity contribution in [3.63, 3.8) is 0 Å². The van der Waals surface area contributed by atoms with Crippen molar-refractivity contribution in [1.29, 1.82) is 0 Å². The van der Waals surface area contributed by atoms with Crippen LogP contribution in [-0.2, 0) is 9.59 Å². The predicted octanol–water partition coefficient (Wildman–Crippen LogP) is 1.84. The lowest BCUT2D eigenvalue weighted by atomic mass is 10.0. The number of carbonyl (C=O) groups is 2. The fourth-order valence-corrected chi connectivity index (χ4v) is 1.96. The van der Waals surface area contributed by atoms with Gasteiger partial charge in [-0.15, -0.1) is 0 Å². The summed E-state index contributed by atoms with van der Waals surface area (Å²) in [5, 5.41) is 11.6. The normalized spacial score (nSPS) is 13.5. The molecule has 0 aliphatic rings. The fourth-order valence-electron chi connectivity index (χ4n) is 1.96. The van der Waals surface area contributed by atoms with Crippen LogP contribution in [-0.4, -0.2) is 23.0 Å². The number of benzene rings is 1. The van der Waals surface area contributed by atoms with E-state index in [2.05, 4.69) is 12.2 Å². The second-order valence-electron chi connectivity index (χ2n) is 4.82. The summed E-state index contributed by atoms with van der Waals surface area (Å²) in [4.78, 5) is 22.5. The second kappa shape index (κ2) is 8.32. The number of nitrogens with one attached hydrogen (secondary N) is 1. The predicted molar refractivity (Wildman–Crippen MR) is 77.1 cm³/mol. The number of amides is 1. The van der Waals surface area contributed by atoms with Gasteiger partial charge in [0, 0.05) is 0 Å². The van der Waals surface area contributed by atoms with Crippen molar-refractivity contribution in [2.24, 2.45) is 5.73 Å². The number of hydrogen-bond acceptors (Lipinski definition) is 3. The van der Waals surface area contributed by atoms with E-state index >= 15 is 0 Å². The molecule has 0 aromatic heterocycles. The third kappa shape index (κ3) is 5.40. The Kier molecular flexibility index (Phi) is 6.73. The van der Waals surface area contributed by atoms with Crippen molar-refractivity contribution < 1.29 is 14.7 Å². The van der Waals surface area contributed by atoms with Crippen molar-refractivity contribution >= 4 is 11.9 Å². The molecule has 0 bridgehead atoms. The molecule has 1 aromatic rings. The van der Waals surface area contributed by atoms with E-state index in [4.69, 9.17) is 10.8 Å². The van der Waals surface area contributed by atoms with Crippen LogP contribution in [0.5, 0.6) is 0 Å². The summed E-state index contributed by atoms with van der Waals surface area (Å²) in [6.07, 6.45) is 2.65. The van der Waals surface area contributed by atoms with Crippen LogP contribution in [0.3, 0.4) is 0 Å². The zero-order valence-electron chi connectivity index (χ0n) is 11.7. The third-order valence-corrected chi connectivity index (χ3v) is 3.11. The fraction of sp³-hybridized carbons (Fsp3) is 0.467. The molecule has 20 heavy (non-hydrogen) atoms. The average Bonchev–Trinajstić information content (AvgIpc) is 2.44. The number of nitrogens with two attached hydrogens (primary N) is 1. The molecule has 1 amide bonds. The molecule has 1 unspecified atom stereocenters. The van der Waals surface area contributed by atoms with Gasteiger partial charge in [-0.2, -0.15) is 0 Å². The third-order valence-electron chi connectivity index (χ3n) is 3.11. The molecule has 1 rings (SSSR count). The Morgan fingerprint density at radius 3 is 2.50 bits per heavy atom. The van der Waals surface area contributed by atoms with Gasteiger partial charge < -0.3 is 16.2 Å². The van der Waals surface area contributed by atoms with Crippen molar-refractivity contribution in [3.8, 4) is 0 Å². The Hall–Kier alpha value is -1.88. The summed E-state index contributed by atoms with van der Waals surface area (Å²) in [7, 11) is 0. The standard InChI is InChI=1S/C15H22N2O3/c1-2-3-9-13(11-7-5-4-6-8-11)17-14(18)10-12(16)15(19)20/h4-8,12-13H,2-3,9-10,16H2,1H3,(H,17,18)(H,19,20)/t12-,13?/m0/s1. The summed E-state index contributed by atoms with van der Waals surface area (Å²) in [5.74, 6) is -1.49. The van der Waals surface area contributed by atoms with Crippen LogP contribution >= 0.6 is 0 Å². The first kappa shape index (κ1) is 16.2. The summed E-state index contributed by atoms with van der Waals surface area (Å²) in [6, 6.07) is 8.42. The number of carboxylic acids is 1. The lowest BCUT2D eigenvalue weighted by molar-refractivity contribution is -0.140. The Bertz CT molecular complexity index is 434. The SMILES string of the molecule is CCCCC(NC(=O)C[C@H](N)C(=O)O)c1ccccc1. The molecular weight excluding hydrogens is 256 g/mol. The first-order valence-electron chi connectivity index (χ1n) is 6.87. The van der Waals surface area contributed by atoms with Gasteiger partial charge in [-0.05, 0) is 12.0 Å². The molecule has 0 radical (unpaired) electrons. The van der Waals surface area contributed by atoms with Gasteiger partial charge in [0.1, 0.15) is 6.04 Å². The molecule has 2 atom stereocenters. The number of hydrogen-bond donors (Lipinski definition) is 3. The first-order valence-corrected chi connectivity index (χ1v) is 6.87. The maximum absolute atomic E-state index is 11.9. The summed E-state index contributed by atoms with van der Waals surface area (Å²) < 4.78 is 0. The summed E-state index contributed by atoms with van der Waals surface area (Å²) >= 11 is 0. The molecule has 5 nitrogen and oxygen atoms in total. The van der Waals surface area contributed by atoms with Gasteiger partial charge >= 0.3 is 5.97 Å². The number of rotatable bonds is 8. The van der Waals surface area contributed by atoms with Gasteiger partial charge in [-0.1, -0.05) is 50.1 Å². The molecule has 0 saturated heterocycles. The molecule has 1 aromatic carbocycles. The van der Waals surface area contributed by atoms with Gasteiger partial charge in [-0.3, -0.25) is 9.59 Å². The highest BCUT2D eigenvalue weighted by Gasteiger charge is 2.19. The van der Waals surface area contributed by atoms with Crippen LogP contribution in [0.2, 0.25) is 0 Å². The summed E-state index contributed by atoms with van der Waals surface area (Å²) in [5.41, 5.74) is 6.40. The minimum Gasteiger partial charge on any atom is -0.480 e. The van der Waals surface area contributed by atoms with E-state index < -0.39 is 12.0 Å². The van der Waals surface area contributed by atoms with Crippen LogP contribution in [0.25, 0.3) is 0 Å². The molecule has 0 heterocycles. The zero-order valence-corrected chi connectivity index (χ0v) is 11.7. The van der Waals surface area contributed by atoms with E-state index in [9.17, 15) is 9.59 Å². The minimum atomic E-state index is -1.16. The van der Waals surface area contributed by atoms with Gasteiger partial charge in [0.05, 0.1) is 12.5 Å². The number of carboxylic acid groups (broad SMARTS) is 1. The largest absolute Gasteiger partial charge is 0.480 e. The average molecular weight is 278 g/mol. The molecule has 5 heteroatoms. The van der Waals surface area contributed by atoms with E-state index in [0.29, 0.717) is 0 Å². The lowest BCUT2D eigenvalue weighted by Crippen LogP contribution is -2.38. The first-order chi connectivity index (χ1) is 9.54. The summed E-state index contributed by atoms with van der Waals surface area (Å²) in [6.45, 7) is 2.09. The molecule has 0 aliphatic carbocycles. The van der Waals surface area contributed by atoms with Crippen LogP contribution in [0.1, 0.15) is 44.2 Å². The van der Waals surface area contributed by atoms with Gasteiger partial charge in [0.25, 0.3) is 0 Å². The Balaban J connectivity index is 2.65. The smallest absolute Gasteiger partial charge is 0.321 e. The van der Waals surface area contributed by atoms with Crippen LogP contribution in [0.15, 0.2) is 30.3 Å². The quantitative estimate of drug-likeness (QED) is 0.676. The van der Waals surface area contributed by atoms with Gasteiger partial charge in [0.2, 0.25) is 5.91 Å². The van der Waals surface area contributed by atoms with Crippen molar-refractivity contribution in [1.82, 2.24) is 5.32 Å². The van der Waals surface area contributed by atoms with Gasteiger partial charge in [0.15, 0.2) is 0 Å². The lowest BCUT2D eigenvalue weighted by Gasteiger charge is -2.19. The van der Waals surface area contributed by atoms with Crippen LogP contribution in [0.4, 0.5) is 0 Å². The molecule has 4 N–H and O–H groups in total. The molecule has 0 aliphatic heterocycles. The minimum absolute atomic E-state index is 0.0929. The highest BCUT2D eigenvalue weighted by molar-refractivity contribution is 5.84. The Morgan fingerprint density at radius 1 is 1.30 bits per heavy atom. The topological polar surface area (TPSA) is 92.4 Å². The van der Waals surface area contributed by atoms with Crippen molar-refractivity contribution in [2.75, 3.05) is 0 Å². The van der Waals surface area contributed by atoms with Crippen molar-refractivity contribution in [3.05, 3.63) is 35.9 Å². The van der Waals surface area contributed by atoms with Gasteiger partial charge in [-0.25, -0.2) is 0 Å². The zero-order chi connectivity index (χ0) is 15.0. The maximum Gasteiger partial charge on any atom is 0.321 e.